The number of aliphatic carboxylic acids is 1. The maximum Gasteiger partial charge on any atom is 0.328 e. The fourth-order valence-electron chi connectivity index (χ4n) is 3.99. The normalized spacial score (nSPS) is 14.9. The number of benzene rings is 1. The van der Waals surface area contributed by atoms with Gasteiger partial charge in [0, 0.05) is 30.1 Å². The van der Waals surface area contributed by atoms with Gasteiger partial charge in [0.05, 0.1) is 12.1 Å². The molecule has 40 heavy (non-hydrogen) atoms. The van der Waals surface area contributed by atoms with Crippen molar-refractivity contribution < 1.29 is 29.4 Å². The van der Waals surface area contributed by atoms with Gasteiger partial charge in [0.25, 0.3) is 0 Å². The summed E-state index contributed by atoms with van der Waals surface area (Å²) in [6, 6.07) is 2.54. The molecule has 1 aromatic carbocycles. The number of amides is 3. The van der Waals surface area contributed by atoms with Gasteiger partial charge in [0.2, 0.25) is 17.7 Å². The summed E-state index contributed by atoms with van der Waals surface area (Å²) in [5.41, 5.74) is 18.2. The molecular weight excluding hydrogens is 520 g/mol. The number of rotatable bonds is 15. The Bertz CT molecular complexity index is 1210. The number of carbonyl (C=O) groups is 4. The van der Waals surface area contributed by atoms with Crippen LogP contribution in [0.3, 0.4) is 0 Å². The van der Waals surface area contributed by atoms with E-state index in [2.05, 4.69) is 25.9 Å². The quantitative estimate of drug-likeness (QED) is 0.0709. The molecule has 0 radical (unpaired) electrons. The number of aliphatic hydroxyl groups is 1. The van der Waals surface area contributed by atoms with Crippen LogP contribution in [0.25, 0.3) is 10.9 Å². The first-order valence-electron chi connectivity index (χ1n) is 13.0. The number of fused-ring (bicyclic) bond motifs is 1. The second-order valence-electron chi connectivity index (χ2n) is 9.97. The molecule has 5 unspecified atom stereocenters. The largest absolute Gasteiger partial charge is 0.480 e. The lowest BCUT2D eigenvalue weighted by Crippen LogP contribution is -2.59. The van der Waals surface area contributed by atoms with Gasteiger partial charge < -0.3 is 48.3 Å². The maximum absolute atomic E-state index is 13.5. The highest BCUT2D eigenvalue weighted by Crippen LogP contribution is 2.19. The average Bonchev–Trinajstić information content (AvgIpc) is 3.29. The summed E-state index contributed by atoms with van der Waals surface area (Å²) in [4.78, 5) is 58.0. The summed E-state index contributed by atoms with van der Waals surface area (Å²) in [7, 11) is 0. The molecule has 0 aliphatic rings. The number of hydrogen-bond donors (Lipinski definition) is 9. The number of aliphatic imine (C=N–C) groups is 1. The molecule has 1 heterocycles. The van der Waals surface area contributed by atoms with E-state index in [1.165, 1.54) is 6.92 Å². The number of carboxylic acids is 1. The van der Waals surface area contributed by atoms with E-state index >= 15 is 0 Å². The summed E-state index contributed by atoms with van der Waals surface area (Å²) in [5, 5.41) is 27.7. The average molecular weight is 561 g/mol. The monoisotopic (exact) mass is 560 g/mol. The standard InChI is InChI=1S/C26H40N8O6/c1-13(2)20(27)24(38)32-18(9-6-10-30-26(28)29)22(36)33-19(23(37)34-21(14(3)35)25(39)40)11-15-12-31-17-8-5-4-7-16(15)17/h4-5,7-8,12-14,18-21,31,35H,6,9-11,27H2,1-3H3,(H,32,38)(H,33,36)(H,34,37)(H,39,40)(H4,28,29,30). The molecule has 2 rings (SSSR count). The zero-order valence-electron chi connectivity index (χ0n) is 22.9. The van der Waals surface area contributed by atoms with Crippen LogP contribution in [0.2, 0.25) is 0 Å². The first-order valence-corrected chi connectivity index (χ1v) is 13.0. The highest BCUT2D eigenvalue weighted by Gasteiger charge is 2.32. The second-order valence-corrected chi connectivity index (χ2v) is 9.97. The third-order valence-electron chi connectivity index (χ3n) is 6.38. The fraction of sp³-hybridized carbons (Fsp3) is 0.500. The van der Waals surface area contributed by atoms with Crippen LogP contribution in [0.1, 0.15) is 39.2 Å². The van der Waals surface area contributed by atoms with Crippen molar-refractivity contribution in [3.8, 4) is 0 Å². The predicted molar refractivity (Wildman–Crippen MR) is 150 cm³/mol. The number of para-hydroxylation sites is 1. The first kappa shape index (κ1) is 32.0. The molecule has 0 fully saturated rings. The van der Waals surface area contributed by atoms with Crippen LogP contribution in [0.15, 0.2) is 35.5 Å². The third-order valence-corrected chi connectivity index (χ3v) is 6.38. The minimum Gasteiger partial charge on any atom is -0.480 e. The summed E-state index contributed by atoms with van der Waals surface area (Å²) < 4.78 is 0. The molecule has 0 aliphatic carbocycles. The second kappa shape index (κ2) is 14.8. The summed E-state index contributed by atoms with van der Waals surface area (Å²) in [6.45, 7) is 4.96. The molecule has 14 nitrogen and oxygen atoms in total. The van der Waals surface area contributed by atoms with Crippen LogP contribution in [0, 0.1) is 5.92 Å². The van der Waals surface area contributed by atoms with E-state index in [1.807, 2.05) is 24.3 Å². The molecule has 3 amide bonds. The summed E-state index contributed by atoms with van der Waals surface area (Å²) >= 11 is 0. The SMILES string of the molecule is CC(C)C(N)C(=O)NC(CCCN=C(N)N)C(=O)NC(Cc1c[nH]c2ccccc12)C(=O)NC(C(=O)O)C(C)O. The summed E-state index contributed by atoms with van der Waals surface area (Å²) in [5.74, 6) is -3.80. The zero-order chi connectivity index (χ0) is 30.0. The number of aromatic nitrogens is 1. The van der Waals surface area contributed by atoms with Crippen molar-refractivity contribution in [3.05, 3.63) is 36.0 Å². The Hall–Kier alpha value is -4.17. The van der Waals surface area contributed by atoms with Crippen molar-refractivity contribution in [3.63, 3.8) is 0 Å². The number of hydrogen-bond acceptors (Lipinski definition) is 7. The maximum atomic E-state index is 13.5. The zero-order valence-corrected chi connectivity index (χ0v) is 22.9. The first-order chi connectivity index (χ1) is 18.8. The number of nitrogens with one attached hydrogen (secondary N) is 4. The van der Waals surface area contributed by atoms with Gasteiger partial charge in [-0.05, 0) is 37.3 Å². The molecule has 0 spiro atoms. The molecule has 1 aromatic heterocycles. The van der Waals surface area contributed by atoms with Crippen molar-refractivity contribution in [1.82, 2.24) is 20.9 Å². The number of H-pyrrole nitrogens is 1. The Balaban J connectivity index is 2.34. The Morgan fingerprint density at radius 2 is 1.60 bits per heavy atom. The van der Waals surface area contributed by atoms with Gasteiger partial charge in [-0.25, -0.2) is 4.79 Å². The molecular formula is C26H40N8O6. The molecule has 12 N–H and O–H groups in total. The van der Waals surface area contributed by atoms with Crippen LogP contribution < -0.4 is 33.2 Å². The molecule has 0 saturated carbocycles. The topological polar surface area (TPSA) is 251 Å². The van der Waals surface area contributed by atoms with Crippen molar-refractivity contribution in [1.29, 1.82) is 0 Å². The lowest BCUT2D eigenvalue weighted by atomic mass is 10.0. The van der Waals surface area contributed by atoms with Gasteiger partial charge in [0.1, 0.15) is 12.1 Å². The van der Waals surface area contributed by atoms with E-state index in [0.717, 1.165) is 10.9 Å². The van der Waals surface area contributed by atoms with Gasteiger partial charge in [0.15, 0.2) is 12.0 Å². The van der Waals surface area contributed by atoms with Gasteiger partial charge in [-0.2, -0.15) is 0 Å². The number of nitrogens with two attached hydrogens (primary N) is 3. The van der Waals surface area contributed by atoms with Crippen molar-refractivity contribution in [2.24, 2.45) is 28.1 Å². The summed E-state index contributed by atoms with van der Waals surface area (Å²) in [6.07, 6.45) is 0.748. The third kappa shape index (κ3) is 9.24. The van der Waals surface area contributed by atoms with Gasteiger partial charge in [-0.1, -0.05) is 32.0 Å². The molecule has 0 saturated heterocycles. The van der Waals surface area contributed by atoms with Gasteiger partial charge >= 0.3 is 5.97 Å². The molecule has 2 aromatic rings. The predicted octanol–water partition coefficient (Wildman–Crippen LogP) is -1.33. The molecule has 5 atom stereocenters. The van der Waals surface area contributed by atoms with E-state index in [9.17, 15) is 29.4 Å². The number of aromatic amines is 1. The van der Waals surface area contributed by atoms with E-state index in [1.54, 1.807) is 20.0 Å². The number of guanidine groups is 1. The highest BCUT2D eigenvalue weighted by molar-refractivity contribution is 5.95. The Morgan fingerprint density at radius 1 is 0.975 bits per heavy atom. The van der Waals surface area contributed by atoms with Gasteiger partial charge in [-0.3, -0.25) is 19.4 Å². The van der Waals surface area contributed by atoms with Gasteiger partial charge in [-0.15, -0.1) is 0 Å². The lowest BCUT2D eigenvalue weighted by molar-refractivity contribution is -0.145. The minimum atomic E-state index is -1.60. The van der Waals surface area contributed by atoms with Crippen LogP contribution in [0.5, 0.6) is 0 Å². The Kier molecular flexibility index (Phi) is 11.9. The van der Waals surface area contributed by atoms with E-state index in [0.29, 0.717) is 12.0 Å². The molecule has 220 valence electrons. The van der Waals surface area contributed by atoms with Crippen LogP contribution in [0.4, 0.5) is 0 Å². The molecule has 0 bridgehead atoms. The van der Waals surface area contributed by atoms with E-state index in [4.69, 9.17) is 17.2 Å². The number of aliphatic hydroxyl groups excluding tert-OH is 1. The Morgan fingerprint density at radius 3 is 2.20 bits per heavy atom. The van der Waals surface area contributed by atoms with Crippen molar-refractivity contribution in [2.45, 2.75) is 70.3 Å². The van der Waals surface area contributed by atoms with Crippen molar-refractivity contribution >= 4 is 40.6 Å². The van der Waals surface area contributed by atoms with Crippen LogP contribution in [-0.4, -0.2) is 81.7 Å². The van der Waals surface area contributed by atoms with Crippen LogP contribution >= 0.6 is 0 Å². The smallest absolute Gasteiger partial charge is 0.328 e. The van der Waals surface area contributed by atoms with E-state index in [-0.39, 0.29) is 31.3 Å². The highest BCUT2D eigenvalue weighted by atomic mass is 16.4. The van der Waals surface area contributed by atoms with Crippen LogP contribution in [-0.2, 0) is 25.6 Å². The lowest BCUT2D eigenvalue weighted by Gasteiger charge is -2.26. The van der Waals surface area contributed by atoms with E-state index < -0.39 is 54.0 Å². The molecule has 0 aliphatic heterocycles. The molecule has 14 heteroatoms. The Labute approximate surface area is 232 Å². The fourth-order valence-corrected chi connectivity index (χ4v) is 3.99. The minimum absolute atomic E-state index is 0.00604. The van der Waals surface area contributed by atoms with Crippen molar-refractivity contribution in [2.75, 3.05) is 6.54 Å². The number of carbonyl (C=O) groups excluding carboxylic acids is 3. The number of nitrogens with zero attached hydrogens (tertiary/aromatic N) is 1. The number of carboxylic acid groups (broad SMARTS) is 1.